The maximum Gasteiger partial charge on any atom is 0.416 e. The Morgan fingerprint density at radius 1 is 1.32 bits per heavy atom. The van der Waals surface area contributed by atoms with Crippen molar-refractivity contribution in [2.24, 2.45) is 0 Å². The molecule has 0 radical (unpaired) electrons. The number of ether oxygens (including phenoxy) is 1. The van der Waals surface area contributed by atoms with Gasteiger partial charge in [-0.05, 0) is 45.4 Å². The highest BCUT2D eigenvalue weighted by Gasteiger charge is 2.33. The van der Waals surface area contributed by atoms with Crippen LogP contribution in [0.15, 0.2) is 18.2 Å². The molecule has 1 aliphatic heterocycles. The first-order chi connectivity index (χ1) is 11.5. The minimum Gasteiger partial charge on any atom is -0.444 e. The summed E-state index contributed by atoms with van der Waals surface area (Å²) in [4.78, 5) is 24.6. The number of halogens is 3. The summed E-state index contributed by atoms with van der Waals surface area (Å²) in [5.74, 6) is 0. The van der Waals surface area contributed by atoms with Gasteiger partial charge in [-0.1, -0.05) is 0 Å². The summed E-state index contributed by atoms with van der Waals surface area (Å²) in [6.45, 7) is 5.97. The van der Waals surface area contributed by atoms with Gasteiger partial charge in [-0.3, -0.25) is 4.79 Å². The first kappa shape index (κ1) is 19.1. The predicted octanol–water partition coefficient (Wildman–Crippen LogP) is 3.62. The summed E-state index contributed by atoms with van der Waals surface area (Å²) in [6, 6.07) is 2.77. The third-order valence-corrected chi connectivity index (χ3v) is 3.73. The van der Waals surface area contributed by atoms with Crippen molar-refractivity contribution in [1.29, 1.82) is 0 Å². The van der Waals surface area contributed by atoms with E-state index in [1.165, 1.54) is 6.07 Å². The van der Waals surface area contributed by atoms with Crippen LogP contribution in [0, 0.1) is 0 Å². The third kappa shape index (κ3) is 5.11. The number of anilines is 1. The molecule has 1 heterocycles. The summed E-state index contributed by atoms with van der Waals surface area (Å²) in [7, 11) is 0. The average Bonchev–Trinajstić information content (AvgIpc) is 2.91. The Labute approximate surface area is 144 Å². The molecular formula is C17H21F3N2O3. The van der Waals surface area contributed by atoms with E-state index < -0.39 is 23.4 Å². The van der Waals surface area contributed by atoms with E-state index in [0.29, 0.717) is 25.8 Å². The molecule has 1 fully saturated rings. The fourth-order valence-electron chi connectivity index (χ4n) is 2.66. The maximum atomic E-state index is 12.9. The van der Waals surface area contributed by atoms with Gasteiger partial charge in [-0.2, -0.15) is 13.2 Å². The van der Waals surface area contributed by atoms with Gasteiger partial charge < -0.3 is 15.0 Å². The number of alkyl halides is 3. The Morgan fingerprint density at radius 2 is 2.00 bits per heavy atom. The first-order valence-corrected chi connectivity index (χ1v) is 7.90. The number of carbonyl (C=O) groups is 2. The van der Waals surface area contributed by atoms with Crippen LogP contribution in [0.1, 0.15) is 43.1 Å². The molecule has 0 spiro atoms. The Hall–Kier alpha value is -2.25. The monoisotopic (exact) mass is 358 g/mol. The van der Waals surface area contributed by atoms with Gasteiger partial charge in [0.2, 0.25) is 0 Å². The lowest BCUT2D eigenvalue weighted by Gasteiger charge is -2.23. The average molecular weight is 358 g/mol. The number of nitrogens with zero attached hydrogens (tertiary/aromatic N) is 1. The second-order valence-corrected chi connectivity index (χ2v) is 6.97. The molecule has 0 bridgehead atoms. The van der Waals surface area contributed by atoms with Crippen molar-refractivity contribution >= 4 is 18.1 Å². The van der Waals surface area contributed by atoms with Gasteiger partial charge in [0.15, 0.2) is 6.29 Å². The number of nitrogens with one attached hydrogen (secondary N) is 1. The lowest BCUT2D eigenvalue weighted by atomic mass is 10.1. The van der Waals surface area contributed by atoms with Gasteiger partial charge >= 0.3 is 12.3 Å². The van der Waals surface area contributed by atoms with Crippen molar-refractivity contribution in [3.05, 3.63) is 29.3 Å². The Bertz CT molecular complexity index is 654. The predicted molar refractivity (Wildman–Crippen MR) is 86.8 cm³/mol. The molecule has 1 N–H and O–H groups in total. The fourth-order valence-corrected chi connectivity index (χ4v) is 2.66. The first-order valence-electron chi connectivity index (χ1n) is 7.90. The van der Waals surface area contributed by atoms with Crippen LogP contribution in [0.5, 0.6) is 0 Å². The number of hydrogen-bond donors (Lipinski definition) is 1. The molecule has 1 aromatic rings. The van der Waals surface area contributed by atoms with Crippen molar-refractivity contribution in [2.45, 2.75) is 45.0 Å². The summed E-state index contributed by atoms with van der Waals surface area (Å²) in [5, 5.41) is 2.70. The van der Waals surface area contributed by atoms with E-state index in [0.717, 1.165) is 12.1 Å². The summed E-state index contributed by atoms with van der Waals surface area (Å²) in [5.41, 5.74) is -1.03. The van der Waals surface area contributed by atoms with Crippen molar-refractivity contribution in [2.75, 3.05) is 18.0 Å². The zero-order valence-electron chi connectivity index (χ0n) is 14.3. The van der Waals surface area contributed by atoms with E-state index >= 15 is 0 Å². The van der Waals surface area contributed by atoms with Crippen LogP contribution in [-0.4, -0.2) is 37.1 Å². The molecule has 1 atom stereocenters. The summed E-state index contributed by atoms with van der Waals surface area (Å²) in [6.07, 6.45) is -3.97. The molecule has 0 saturated carbocycles. The van der Waals surface area contributed by atoms with Crippen molar-refractivity contribution in [3.8, 4) is 0 Å². The molecular weight excluding hydrogens is 337 g/mol. The molecule has 1 aliphatic rings. The van der Waals surface area contributed by atoms with E-state index in [1.54, 1.807) is 25.7 Å². The van der Waals surface area contributed by atoms with Gasteiger partial charge in [-0.15, -0.1) is 0 Å². The lowest BCUT2D eigenvalue weighted by molar-refractivity contribution is -0.137. The van der Waals surface area contributed by atoms with E-state index in [1.807, 2.05) is 0 Å². The molecule has 1 aromatic carbocycles. The van der Waals surface area contributed by atoms with E-state index in [2.05, 4.69) is 5.32 Å². The smallest absolute Gasteiger partial charge is 0.416 e. The van der Waals surface area contributed by atoms with Gasteiger partial charge in [0.05, 0.1) is 11.6 Å². The zero-order valence-corrected chi connectivity index (χ0v) is 14.3. The molecule has 5 nitrogen and oxygen atoms in total. The zero-order chi connectivity index (χ0) is 18.8. The molecule has 0 aliphatic carbocycles. The fraction of sp³-hybridized carbons (Fsp3) is 0.529. The van der Waals surface area contributed by atoms with Crippen LogP contribution in [0.2, 0.25) is 0 Å². The number of rotatable bonds is 3. The van der Waals surface area contributed by atoms with Gasteiger partial charge in [0, 0.05) is 24.3 Å². The highest BCUT2D eigenvalue weighted by Crippen LogP contribution is 2.34. The molecule has 25 heavy (non-hydrogen) atoms. The molecule has 138 valence electrons. The van der Waals surface area contributed by atoms with Crippen molar-refractivity contribution in [1.82, 2.24) is 5.32 Å². The summed E-state index contributed by atoms with van der Waals surface area (Å²) >= 11 is 0. The van der Waals surface area contributed by atoms with Crippen LogP contribution in [0.25, 0.3) is 0 Å². The van der Waals surface area contributed by atoms with E-state index in [-0.39, 0.29) is 17.3 Å². The number of benzene rings is 1. The van der Waals surface area contributed by atoms with Crippen LogP contribution in [-0.2, 0) is 10.9 Å². The Morgan fingerprint density at radius 3 is 2.56 bits per heavy atom. The molecule has 0 unspecified atom stereocenters. The number of alkyl carbamates (subject to hydrolysis) is 1. The molecule has 8 heteroatoms. The van der Waals surface area contributed by atoms with E-state index in [4.69, 9.17) is 4.74 Å². The largest absolute Gasteiger partial charge is 0.444 e. The quantitative estimate of drug-likeness (QED) is 0.839. The van der Waals surface area contributed by atoms with Crippen LogP contribution < -0.4 is 10.2 Å². The second-order valence-electron chi connectivity index (χ2n) is 6.97. The van der Waals surface area contributed by atoms with E-state index in [9.17, 15) is 22.8 Å². The van der Waals surface area contributed by atoms with Crippen molar-refractivity contribution < 1.29 is 27.5 Å². The topological polar surface area (TPSA) is 58.6 Å². The van der Waals surface area contributed by atoms with Crippen LogP contribution in [0.4, 0.5) is 23.7 Å². The SMILES string of the molecule is CC(C)(C)OC(=O)N[C@@H]1CCN(c2cc(C(F)(F)F)ccc2C=O)C1. The minimum atomic E-state index is -4.48. The molecule has 2 rings (SSSR count). The van der Waals surface area contributed by atoms with Gasteiger partial charge in [0.25, 0.3) is 0 Å². The molecule has 0 aromatic heterocycles. The summed E-state index contributed by atoms with van der Waals surface area (Å²) < 4.78 is 43.9. The van der Waals surface area contributed by atoms with Crippen LogP contribution in [0.3, 0.4) is 0 Å². The number of hydrogen-bond acceptors (Lipinski definition) is 4. The third-order valence-electron chi connectivity index (χ3n) is 3.73. The van der Waals surface area contributed by atoms with Gasteiger partial charge in [-0.25, -0.2) is 4.79 Å². The second kappa shape index (κ2) is 6.93. The number of carbonyl (C=O) groups excluding carboxylic acids is 2. The Kier molecular flexibility index (Phi) is 5.29. The highest BCUT2D eigenvalue weighted by molar-refractivity contribution is 5.85. The number of amides is 1. The maximum absolute atomic E-state index is 12.9. The molecule has 1 saturated heterocycles. The standard InChI is InChI=1S/C17H21F3N2O3/c1-16(2,3)25-15(24)21-13-6-7-22(9-13)14-8-12(17(18,19)20)5-4-11(14)10-23/h4-5,8,10,13H,6-7,9H2,1-3H3,(H,21,24)/t13-/m1/s1. The molecule has 1 amide bonds. The minimum absolute atomic E-state index is 0.186. The van der Waals surface area contributed by atoms with Crippen molar-refractivity contribution in [3.63, 3.8) is 0 Å². The lowest BCUT2D eigenvalue weighted by Crippen LogP contribution is -2.40. The highest BCUT2D eigenvalue weighted by atomic mass is 19.4. The van der Waals surface area contributed by atoms with Crippen LogP contribution >= 0.6 is 0 Å². The normalized spacial score (nSPS) is 18.2. The van der Waals surface area contributed by atoms with Gasteiger partial charge in [0.1, 0.15) is 5.60 Å². The number of aldehydes is 1. The Balaban J connectivity index is 2.11.